The molecule has 0 aliphatic carbocycles. The zero-order valence-electron chi connectivity index (χ0n) is 15.9. The second-order valence-corrected chi connectivity index (χ2v) is 5.51. The Labute approximate surface area is 162 Å². The number of esters is 2. The van der Waals surface area contributed by atoms with Crippen molar-refractivity contribution >= 4 is 29.3 Å². The number of hydrogen-bond acceptors (Lipinski definition) is 6. The molecule has 0 unspecified atom stereocenters. The van der Waals surface area contributed by atoms with Gasteiger partial charge in [0.2, 0.25) is 0 Å². The molecule has 148 valence electrons. The van der Waals surface area contributed by atoms with Crippen LogP contribution < -0.4 is 15.4 Å². The first kappa shape index (κ1) is 20.8. The molecule has 2 aromatic rings. The molecule has 0 heterocycles. The maximum Gasteiger partial charge on any atom is 0.341 e. The van der Waals surface area contributed by atoms with E-state index in [4.69, 9.17) is 14.2 Å². The molecule has 0 fully saturated rings. The summed E-state index contributed by atoms with van der Waals surface area (Å²) < 4.78 is 15.1. The molecular weight excluding hydrogens is 364 g/mol. The number of ether oxygens (including phenoxy) is 3. The Morgan fingerprint density at radius 3 is 2.00 bits per heavy atom. The van der Waals surface area contributed by atoms with Gasteiger partial charge < -0.3 is 24.8 Å². The van der Waals surface area contributed by atoms with Crippen LogP contribution in [0.4, 0.5) is 16.2 Å². The third-order valence-corrected chi connectivity index (χ3v) is 3.61. The third kappa shape index (κ3) is 5.47. The van der Waals surface area contributed by atoms with Gasteiger partial charge in [-0.25, -0.2) is 14.4 Å². The molecular formula is C20H22N2O6. The van der Waals surface area contributed by atoms with E-state index in [2.05, 4.69) is 10.6 Å². The first-order chi connectivity index (χ1) is 13.5. The summed E-state index contributed by atoms with van der Waals surface area (Å²) in [5.74, 6) is -0.639. The standard InChI is InChI=1S/C20H22N2O6/c1-4-27-18(23)13-6-8-14(9-7-13)21-20(25)22-15-10-11-16(17(12-15)26-3)19(24)28-5-2/h6-12H,4-5H2,1-3H3,(H2,21,22,25). The van der Waals surface area contributed by atoms with E-state index >= 15 is 0 Å². The van der Waals surface area contributed by atoms with Crippen LogP contribution in [0.25, 0.3) is 0 Å². The molecule has 2 aromatic carbocycles. The molecule has 0 aromatic heterocycles. The summed E-state index contributed by atoms with van der Waals surface area (Å²) in [4.78, 5) is 35.7. The summed E-state index contributed by atoms with van der Waals surface area (Å²) >= 11 is 0. The lowest BCUT2D eigenvalue weighted by atomic mass is 10.2. The van der Waals surface area contributed by atoms with Crippen molar-refractivity contribution in [3.8, 4) is 5.75 Å². The fraction of sp³-hybridized carbons (Fsp3) is 0.250. The van der Waals surface area contributed by atoms with Gasteiger partial charge in [-0.15, -0.1) is 0 Å². The molecule has 28 heavy (non-hydrogen) atoms. The first-order valence-corrected chi connectivity index (χ1v) is 8.68. The van der Waals surface area contributed by atoms with Crippen molar-refractivity contribution in [2.75, 3.05) is 31.0 Å². The summed E-state index contributed by atoms with van der Waals surface area (Å²) in [6, 6.07) is 10.4. The summed E-state index contributed by atoms with van der Waals surface area (Å²) in [7, 11) is 1.42. The average Bonchev–Trinajstić information content (AvgIpc) is 2.68. The predicted octanol–water partition coefficient (Wildman–Crippen LogP) is 3.69. The minimum absolute atomic E-state index is 0.249. The molecule has 2 N–H and O–H groups in total. The Kier molecular flexibility index (Phi) is 7.38. The van der Waals surface area contributed by atoms with Gasteiger partial charge in [0.1, 0.15) is 11.3 Å². The summed E-state index contributed by atoms with van der Waals surface area (Å²) in [6.07, 6.45) is 0. The Balaban J connectivity index is 2.02. The lowest BCUT2D eigenvalue weighted by Crippen LogP contribution is -2.19. The van der Waals surface area contributed by atoms with Crippen molar-refractivity contribution in [3.05, 3.63) is 53.6 Å². The number of carbonyl (C=O) groups excluding carboxylic acids is 3. The van der Waals surface area contributed by atoms with Crippen LogP contribution in [0.15, 0.2) is 42.5 Å². The Morgan fingerprint density at radius 1 is 0.821 bits per heavy atom. The first-order valence-electron chi connectivity index (χ1n) is 8.68. The lowest BCUT2D eigenvalue weighted by molar-refractivity contribution is 0.0514. The molecule has 0 aliphatic heterocycles. The molecule has 0 spiro atoms. The summed E-state index contributed by atoms with van der Waals surface area (Å²) in [5, 5.41) is 5.30. The van der Waals surface area contributed by atoms with Crippen molar-refractivity contribution in [2.24, 2.45) is 0 Å². The molecule has 0 radical (unpaired) electrons. The van der Waals surface area contributed by atoms with Crippen LogP contribution in [0, 0.1) is 0 Å². The zero-order valence-corrected chi connectivity index (χ0v) is 15.9. The second-order valence-electron chi connectivity index (χ2n) is 5.51. The molecule has 0 saturated heterocycles. The fourth-order valence-corrected chi connectivity index (χ4v) is 2.34. The van der Waals surface area contributed by atoms with Crippen LogP contribution in [-0.4, -0.2) is 38.3 Å². The van der Waals surface area contributed by atoms with Gasteiger partial charge in [-0.05, 0) is 50.2 Å². The van der Waals surface area contributed by atoms with Crippen LogP contribution in [0.5, 0.6) is 5.75 Å². The van der Waals surface area contributed by atoms with E-state index in [1.54, 1.807) is 44.2 Å². The monoisotopic (exact) mass is 386 g/mol. The molecule has 2 rings (SSSR count). The number of rotatable bonds is 7. The minimum Gasteiger partial charge on any atom is -0.496 e. The highest BCUT2D eigenvalue weighted by atomic mass is 16.5. The lowest BCUT2D eigenvalue weighted by Gasteiger charge is -2.12. The number of nitrogens with one attached hydrogen (secondary N) is 2. The van der Waals surface area contributed by atoms with Crippen LogP contribution >= 0.6 is 0 Å². The van der Waals surface area contributed by atoms with Gasteiger partial charge in [0, 0.05) is 17.4 Å². The largest absolute Gasteiger partial charge is 0.496 e. The molecule has 2 amide bonds. The molecule has 0 atom stereocenters. The molecule has 0 saturated carbocycles. The van der Waals surface area contributed by atoms with E-state index < -0.39 is 18.0 Å². The zero-order chi connectivity index (χ0) is 20.5. The number of methoxy groups -OCH3 is 1. The Bertz CT molecular complexity index is 848. The number of benzene rings is 2. The number of urea groups is 1. The van der Waals surface area contributed by atoms with Gasteiger partial charge in [-0.1, -0.05) is 0 Å². The average molecular weight is 386 g/mol. The predicted molar refractivity (Wildman–Crippen MR) is 104 cm³/mol. The fourth-order valence-electron chi connectivity index (χ4n) is 2.34. The van der Waals surface area contributed by atoms with E-state index in [-0.39, 0.29) is 17.9 Å². The highest BCUT2D eigenvalue weighted by molar-refractivity contribution is 6.01. The molecule has 0 bridgehead atoms. The van der Waals surface area contributed by atoms with Gasteiger partial charge in [0.25, 0.3) is 0 Å². The highest BCUT2D eigenvalue weighted by Crippen LogP contribution is 2.24. The van der Waals surface area contributed by atoms with Crippen LogP contribution in [0.1, 0.15) is 34.6 Å². The Morgan fingerprint density at radius 2 is 1.39 bits per heavy atom. The van der Waals surface area contributed by atoms with E-state index in [1.807, 2.05) is 0 Å². The number of anilines is 2. The van der Waals surface area contributed by atoms with Crippen LogP contribution in [0.3, 0.4) is 0 Å². The van der Waals surface area contributed by atoms with Gasteiger partial charge in [0.15, 0.2) is 0 Å². The van der Waals surface area contributed by atoms with Crippen molar-refractivity contribution in [1.82, 2.24) is 0 Å². The van der Waals surface area contributed by atoms with Crippen LogP contribution in [0.2, 0.25) is 0 Å². The topological polar surface area (TPSA) is 103 Å². The number of hydrogen-bond donors (Lipinski definition) is 2. The molecule has 8 nitrogen and oxygen atoms in total. The highest BCUT2D eigenvalue weighted by Gasteiger charge is 2.15. The molecule has 0 aliphatic rings. The third-order valence-electron chi connectivity index (χ3n) is 3.61. The maximum atomic E-state index is 12.2. The van der Waals surface area contributed by atoms with Gasteiger partial charge in [0.05, 0.1) is 25.9 Å². The van der Waals surface area contributed by atoms with Crippen molar-refractivity contribution in [3.63, 3.8) is 0 Å². The van der Waals surface area contributed by atoms with Crippen molar-refractivity contribution in [1.29, 1.82) is 0 Å². The summed E-state index contributed by atoms with van der Waals surface area (Å²) in [5.41, 5.74) is 1.60. The number of carbonyl (C=O) groups is 3. The smallest absolute Gasteiger partial charge is 0.341 e. The number of amides is 2. The van der Waals surface area contributed by atoms with Gasteiger partial charge in [-0.2, -0.15) is 0 Å². The minimum atomic E-state index is -0.503. The van der Waals surface area contributed by atoms with E-state index in [1.165, 1.54) is 19.2 Å². The van der Waals surface area contributed by atoms with E-state index in [9.17, 15) is 14.4 Å². The maximum absolute atomic E-state index is 12.2. The SMILES string of the molecule is CCOC(=O)c1ccc(NC(=O)Nc2ccc(C(=O)OCC)c(OC)c2)cc1. The van der Waals surface area contributed by atoms with Gasteiger partial charge >= 0.3 is 18.0 Å². The van der Waals surface area contributed by atoms with E-state index in [0.29, 0.717) is 23.5 Å². The van der Waals surface area contributed by atoms with E-state index in [0.717, 1.165) is 0 Å². The van der Waals surface area contributed by atoms with Crippen molar-refractivity contribution < 1.29 is 28.6 Å². The Hall–Kier alpha value is -3.55. The van der Waals surface area contributed by atoms with Gasteiger partial charge in [-0.3, -0.25) is 0 Å². The summed E-state index contributed by atoms with van der Waals surface area (Å²) in [6.45, 7) is 3.98. The normalized spacial score (nSPS) is 9.96. The second kappa shape index (κ2) is 9.96. The van der Waals surface area contributed by atoms with Crippen molar-refractivity contribution in [2.45, 2.75) is 13.8 Å². The van der Waals surface area contributed by atoms with Crippen LogP contribution in [-0.2, 0) is 9.47 Å². The quantitative estimate of drug-likeness (QED) is 0.704. The molecule has 8 heteroatoms.